The van der Waals surface area contributed by atoms with E-state index in [0.717, 1.165) is 37.1 Å². The van der Waals surface area contributed by atoms with Crippen LogP contribution in [0.1, 0.15) is 24.8 Å². The van der Waals surface area contributed by atoms with Crippen molar-refractivity contribution in [2.24, 2.45) is 5.92 Å². The zero-order valence-electron chi connectivity index (χ0n) is 14.0. The van der Waals surface area contributed by atoms with Crippen LogP contribution in [0.25, 0.3) is 0 Å². The summed E-state index contributed by atoms with van der Waals surface area (Å²) in [6.07, 6.45) is 3.82. The first-order valence-corrected chi connectivity index (χ1v) is 9.01. The summed E-state index contributed by atoms with van der Waals surface area (Å²) in [5.41, 5.74) is 2.07. The lowest BCUT2D eigenvalue weighted by molar-refractivity contribution is -0.120. The molecular weight excluding hydrogens is 332 g/mol. The minimum atomic E-state index is -0.00115. The highest BCUT2D eigenvalue weighted by molar-refractivity contribution is 7.80. The number of carbonyl (C=O) groups is 1. The summed E-state index contributed by atoms with van der Waals surface area (Å²) in [5.74, 6) is 0.863. The van der Waals surface area contributed by atoms with Crippen LogP contribution < -0.4 is 15.4 Å². The van der Waals surface area contributed by atoms with Gasteiger partial charge < -0.3 is 15.4 Å². The van der Waals surface area contributed by atoms with Gasteiger partial charge in [0.15, 0.2) is 5.11 Å². The van der Waals surface area contributed by atoms with E-state index in [-0.39, 0.29) is 11.8 Å². The molecule has 0 unspecified atom stereocenters. The smallest absolute Gasteiger partial charge is 0.229 e. The summed E-state index contributed by atoms with van der Waals surface area (Å²) < 4.78 is 5.89. The summed E-state index contributed by atoms with van der Waals surface area (Å²) in [6, 6.07) is 18.0. The highest BCUT2D eigenvalue weighted by Gasteiger charge is 2.30. The van der Waals surface area contributed by atoms with Crippen molar-refractivity contribution in [1.82, 2.24) is 5.32 Å². The highest BCUT2D eigenvalue weighted by Crippen LogP contribution is 2.29. The van der Waals surface area contributed by atoms with Gasteiger partial charge in [-0.2, -0.15) is 0 Å². The minimum Gasteiger partial charge on any atom is -0.491 e. The Kier molecular flexibility index (Phi) is 6.01. The van der Waals surface area contributed by atoms with Crippen molar-refractivity contribution in [2.75, 3.05) is 11.9 Å². The predicted molar refractivity (Wildman–Crippen MR) is 104 cm³/mol. The van der Waals surface area contributed by atoms with E-state index in [9.17, 15) is 4.79 Å². The van der Waals surface area contributed by atoms with Gasteiger partial charge in [-0.3, -0.25) is 4.79 Å². The summed E-state index contributed by atoms with van der Waals surface area (Å²) in [5, 5.41) is 6.11. The van der Waals surface area contributed by atoms with E-state index in [0.29, 0.717) is 11.7 Å². The van der Waals surface area contributed by atoms with Crippen LogP contribution in [0.4, 0.5) is 5.69 Å². The minimum absolute atomic E-state index is 0.00115. The Bertz CT molecular complexity index is 729. The quantitative estimate of drug-likeness (QED) is 0.584. The molecule has 1 fully saturated rings. The van der Waals surface area contributed by atoms with Gasteiger partial charge in [-0.1, -0.05) is 42.5 Å². The van der Waals surface area contributed by atoms with Gasteiger partial charge in [0, 0.05) is 5.92 Å². The normalized spacial score (nSPS) is 13.1. The molecule has 1 aliphatic carbocycles. The number of anilines is 1. The lowest BCUT2D eigenvalue weighted by atomic mass is 10.1. The van der Waals surface area contributed by atoms with Crippen LogP contribution in [0.3, 0.4) is 0 Å². The van der Waals surface area contributed by atoms with Crippen molar-refractivity contribution >= 4 is 28.9 Å². The van der Waals surface area contributed by atoms with Gasteiger partial charge in [-0.15, -0.1) is 0 Å². The lowest BCUT2D eigenvalue weighted by Gasteiger charge is -2.14. The molecular formula is C20H22N2O2S. The van der Waals surface area contributed by atoms with Crippen molar-refractivity contribution in [3.63, 3.8) is 0 Å². The van der Waals surface area contributed by atoms with Gasteiger partial charge in [0.1, 0.15) is 5.75 Å². The largest absolute Gasteiger partial charge is 0.491 e. The first-order valence-electron chi connectivity index (χ1n) is 8.60. The number of aryl methyl sites for hydroxylation is 1. The van der Waals surface area contributed by atoms with Crippen LogP contribution in [0.5, 0.6) is 5.75 Å². The second kappa shape index (κ2) is 8.62. The Labute approximate surface area is 153 Å². The predicted octanol–water partition coefficient (Wildman–Crippen LogP) is 3.92. The molecule has 0 bridgehead atoms. The molecule has 2 N–H and O–H groups in total. The fourth-order valence-electron chi connectivity index (χ4n) is 2.51. The topological polar surface area (TPSA) is 50.4 Å². The fourth-order valence-corrected chi connectivity index (χ4v) is 2.72. The molecule has 0 saturated heterocycles. The van der Waals surface area contributed by atoms with Crippen molar-refractivity contribution in [3.8, 4) is 5.75 Å². The van der Waals surface area contributed by atoms with Crippen molar-refractivity contribution in [2.45, 2.75) is 25.7 Å². The molecule has 2 aromatic carbocycles. The van der Waals surface area contributed by atoms with Crippen molar-refractivity contribution < 1.29 is 9.53 Å². The molecule has 2 aromatic rings. The molecule has 0 atom stereocenters. The van der Waals surface area contributed by atoms with Crippen LogP contribution in [-0.4, -0.2) is 17.6 Å². The molecule has 0 aliphatic heterocycles. The maximum atomic E-state index is 11.8. The highest BCUT2D eigenvalue weighted by atomic mass is 32.1. The molecule has 0 heterocycles. The van der Waals surface area contributed by atoms with Gasteiger partial charge in [0.25, 0.3) is 0 Å². The van der Waals surface area contributed by atoms with E-state index >= 15 is 0 Å². The summed E-state index contributed by atoms with van der Waals surface area (Å²) in [6.45, 7) is 0.620. The standard InChI is InChI=1S/C20H22N2O2S/c23-19(16-12-13-16)22-20(25)21-17-10-4-5-11-18(17)24-14-6-9-15-7-2-1-3-8-15/h1-5,7-8,10-11,16H,6,9,12-14H2,(H2,21,22,23,25). The van der Waals surface area contributed by atoms with Crippen LogP contribution in [0, 0.1) is 5.92 Å². The van der Waals surface area contributed by atoms with E-state index < -0.39 is 0 Å². The van der Waals surface area contributed by atoms with Gasteiger partial charge in [0.05, 0.1) is 12.3 Å². The molecule has 130 valence electrons. The number of hydrogen-bond donors (Lipinski definition) is 2. The lowest BCUT2D eigenvalue weighted by Crippen LogP contribution is -2.35. The van der Waals surface area contributed by atoms with E-state index in [1.165, 1.54) is 5.56 Å². The second-order valence-electron chi connectivity index (χ2n) is 6.15. The van der Waals surface area contributed by atoms with Crippen LogP contribution in [0.2, 0.25) is 0 Å². The number of thiocarbonyl (C=S) groups is 1. The van der Waals surface area contributed by atoms with E-state index in [1.807, 2.05) is 42.5 Å². The Morgan fingerprint density at radius 2 is 1.80 bits per heavy atom. The summed E-state index contributed by atoms with van der Waals surface area (Å²) in [4.78, 5) is 11.8. The number of carbonyl (C=O) groups excluding carboxylic acids is 1. The molecule has 0 radical (unpaired) electrons. The first kappa shape index (κ1) is 17.4. The zero-order chi connectivity index (χ0) is 17.5. The molecule has 25 heavy (non-hydrogen) atoms. The van der Waals surface area contributed by atoms with Gasteiger partial charge >= 0.3 is 0 Å². The van der Waals surface area contributed by atoms with Crippen molar-refractivity contribution in [1.29, 1.82) is 0 Å². The monoisotopic (exact) mass is 354 g/mol. The molecule has 0 spiro atoms. The molecule has 4 nitrogen and oxygen atoms in total. The number of rotatable bonds is 7. The third-order valence-corrected chi connectivity index (χ3v) is 4.23. The number of para-hydroxylation sites is 2. The molecule has 3 rings (SSSR count). The third kappa shape index (κ3) is 5.57. The average Bonchev–Trinajstić information content (AvgIpc) is 3.46. The summed E-state index contributed by atoms with van der Waals surface area (Å²) in [7, 11) is 0. The maximum absolute atomic E-state index is 11.8. The number of hydrogen-bond acceptors (Lipinski definition) is 3. The van der Waals surface area contributed by atoms with Gasteiger partial charge in [-0.25, -0.2) is 0 Å². The van der Waals surface area contributed by atoms with Gasteiger partial charge in [-0.05, 0) is 55.6 Å². The van der Waals surface area contributed by atoms with Crippen LogP contribution >= 0.6 is 12.2 Å². The third-order valence-electron chi connectivity index (χ3n) is 4.03. The molecule has 1 amide bonds. The van der Waals surface area contributed by atoms with Crippen LogP contribution in [0.15, 0.2) is 54.6 Å². The summed E-state index contributed by atoms with van der Waals surface area (Å²) >= 11 is 5.22. The Morgan fingerprint density at radius 1 is 1.08 bits per heavy atom. The number of ether oxygens (including phenoxy) is 1. The zero-order valence-corrected chi connectivity index (χ0v) is 14.9. The van der Waals surface area contributed by atoms with Crippen LogP contribution in [-0.2, 0) is 11.2 Å². The Hall–Kier alpha value is -2.40. The maximum Gasteiger partial charge on any atom is 0.229 e. The molecule has 1 saturated carbocycles. The van der Waals surface area contributed by atoms with E-state index in [2.05, 4.69) is 22.8 Å². The van der Waals surface area contributed by atoms with Crippen molar-refractivity contribution in [3.05, 3.63) is 60.2 Å². The second-order valence-corrected chi connectivity index (χ2v) is 6.56. The number of nitrogens with one attached hydrogen (secondary N) is 2. The SMILES string of the molecule is O=C(NC(=S)Nc1ccccc1OCCCc1ccccc1)C1CC1. The Morgan fingerprint density at radius 3 is 2.56 bits per heavy atom. The fraction of sp³-hybridized carbons (Fsp3) is 0.300. The van der Waals surface area contributed by atoms with E-state index in [1.54, 1.807) is 0 Å². The number of benzene rings is 2. The molecule has 0 aromatic heterocycles. The number of amides is 1. The molecule has 1 aliphatic rings. The Balaban J connectivity index is 1.48. The van der Waals surface area contributed by atoms with E-state index in [4.69, 9.17) is 17.0 Å². The first-order chi connectivity index (χ1) is 12.2. The molecule has 5 heteroatoms. The van der Waals surface area contributed by atoms with Gasteiger partial charge in [0.2, 0.25) is 5.91 Å². The average molecular weight is 354 g/mol.